The Labute approximate surface area is 122 Å². The SMILES string of the molecule is CC1CCCCC1(CN)NS(=O)(=O)C(C)C(=O)N(C)C. The van der Waals surface area contributed by atoms with Crippen LogP contribution in [-0.4, -0.2) is 50.7 Å². The van der Waals surface area contributed by atoms with Crippen LogP contribution in [0.25, 0.3) is 0 Å². The maximum absolute atomic E-state index is 12.4. The Bertz CT molecular complexity index is 450. The molecule has 1 fully saturated rings. The van der Waals surface area contributed by atoms with Crippen molar-refractivity contribution < 1.29 is 13.2 Å². The van der Waals surface area contributed by atoms with E-state index in [1.807, 2.05) is 6.92 Å². The number of amides is 1. The minimum absolute atomic E-state index is 0.178. The Kier molecular flexibility index (Phi) is 5.57. The fourth-order valence-electron chi connectivity index (χ4n) is 2.78. The molecule has 1 saturated carbocycles. The van der Waals surface area contributed by atoms with Crippen molar-refractivity contribution in [3.63, 3.8) is 0 Å². The van der Waals surface area contributed by atoms with Gasteiger partial charge in [-0.2, -0.15) is 0 Å². The molecular formula is C13H27N3O3S. The Hall–Kier alpha value is -0.660. The third-order valence-corrected chi connectivity index (χ3v) is 6.24. The van der Waals surface area contributed by atoms with Gasteiger partial charge in [-0.15, -0.1) is 0 Å². The molecule has 0 aromatic carbocycles. The number of hydrogen-bond acceptors (Lipinski definition) is 4. The molecule has 1 rings (SSSR count). The third-order valence-electron chi connectivity index (χ3n) is 4.42. The number of hydrogen-bond donors (Lipinski definition) is 2. The molecule has 20 heavy (non-hydrogen) atoms. The van der Waals surface area contributed by atoms with Crippen molar-refractivity contribution in [1.82, 2.24) is 9.62 Å². The summed E-state index contributed by atoms with van der Waals surface area (Å²) in [6.07, 6.45) is 3.74. The lowest BCUT2D eigenvalue weighted by molar-refractivity contribution is -0.127. The third kappa shape index (κ3) is 3.51. The van der Waals surface area contributed by atoms with E-state index in [2.05, 4.69) is 4.72 Å². The van der Waals surface area contributed by atoms with Crippen molar-refractivity contribution >= 4 is 15.9 Å². The molecule has 1 aliphatic carbocycles. The van der Waals surface area contributed by atoms with Crippen molar-refractivity contribution in [2.45, 2.75) is 50.3 Å². The maximum atomic E-state index is 12.4. The molecular weight excluding hydrogens is 278 g/mol. The van der Waals surface area contributed by atoms with E-state index in [-0.39, 0.29) is 12.5 Å². The van der Waals surface area contributed by atoms with Gasteiger partial charge in [-0.3, -0.25) is 4.79 Å². The highest BCUT2D eigenvalue weighted by Crippen LogP contribution is 2.33. The smallest absolute Gasteiger partial charge is 0.241 e. The highest BCUT2D eigenvalue weighted by Gasteiger charge is 2.42. The van der Waals surface area contributed by atoms with Gasteiger partial charge >= 0.3 is 0 Å². The minimum Gasteiger partial charge on any atom is -0.348 e. The van der Waals surface area contributed by atoms with Gasteiger partial charge in [0.15, 0.2) is 5.25 Å². The van der Waals surface area contributed by atoms with Gasteiger partial charge in [0.2, 0.25) is 15.9 Å². The Morgan fingerprint density at radius 3 is 2.50 bits per heavy atom. The monoisotopic (exact) mass is 305 g/mol. The van der Waals surface area contributed by atoms with Gasteiger partial charge < -0.3 is 10.6 Å². The van der Waals surface area contributed by atoms with Crippen LogP contribution in [0.1, 0.15) is 39.5 Å². The molecule has 118 valence electrons. The largest absolute Gasteiger partial charge is 0.348 e. The van der Waals surface area contributed by atoms with Crippen LogP contribution >= 0.6 is 0 Å². The predicted octanol–water partition coefficient (Wildman–Crippen LogP) is 0.290. The second-order valence-electron chi connectivity index (χ2n) is 6.03. The van der Waals surface area contributed by atoms with Crippen molar-refractivity contribution in [2.24, 2.45) is 11.7 Å². The van der Waals surface area contributed by atoms with E-state index in [0.29, 0.717) is 0 Å². The van der Waals surface area contributed by atoms with Crippen molar-refractivity contribution in [3.8, 4) is 0 Å². The summed E-state index contributed by atoms with van der Waals surface area (Å²) < 4.78 is 27.6. The van der Waals surface area contributed by atoms with Crippen LogP contribution in [0.2, 0.25) is 0 Å². The number of nitrogens with one attached hydrogen (secondary N) is 1. The summed E-state index contributed by atoms with van der Waals surface area (Å²) in [7, 11) is -0.625. The fraction of sp³-hybridized carbons (Fsp3) is 0.923. The molecule has 0 radical (unpaired) electrons. The molecule has 0 spiro atoms. The molecule has 0 aromatic heterocycles. The van der Waals surface area contributed by atoms with E-state index in [9.17, 15) is 13.2 Å². The highest BCUT2D eigenvalue weighted by molar-refractivity contribution is 7.90. The van der Waals surface area contributed by atoms with Gasteiger partial charge in [0, 0.05) is 26.2 Å². The maximum Gasteiger partial charge on any atom is 0.241 e. The molecule has 0 bridgehead atoms. The average Bonchev–Trinajstić information content (AvgIpc) is 2.39. The van der Waals surface area contributed by atoms with Crippen LogP contribution in [0.3, 0.4) is 0 Å². The van der Waals surface area contributed by atoms with Crippen molar-refractivity contribution in [3.05, 3.63) is 0 Å². The lowest BCUT2D eigenvalue weighted by Crippen LogP contribution is -2.61. The van der Waals surface area contributed by atoms with Crippen molar-refractivity contribution in [2.75, 3.05) is 20.6 Å². The lowest BCUT2D eigenvalue weighted by Gasteiger charge is -2.42. The number of nitrogens with two attached hydrogens (primary N) is 1. The topological polar surface area (TPSA) is 92.5 Å². The summed E-state index contributed by atoms with van der Waals surface area (Å²) in [5.74, 6) is -0.245. The van der Waals surface area contributed by atoms with Gasteiger partial charge in [0.05, 0.1) is 0 Å². The first-order chi connectivity index (χ1) is 9.16. The predicted molar refractivity (Wildman–Crippen MR) is 79.6 cm³/mol. The molecule has 0 heterocycles. The molecule has 1 amide bonds. The van der Waals surface area contributed by atoms with E-state index in [1.54, 1.807) is 14.1 Å². The molecule has 3 atom stereocenters. The Morgan fingerprint density at radius 2 is 2.05 bits per heavy atom. The number of sulfonamides is 1. The van der Waals surface area contributed by atoms with Gasteiger partial charge in [0.1, 0.15) is 0 Å². The van der Waals surface area contributed by atoms with Crippen molar-refractivity contribution in [1.29, 1.82) is 0 Å². The van der Waals surface area contributed by atoms with Gasteiger partial charge in [-0.05, 0) is 25.7 Å². The number of nitrogens with zero attached hydrogens (tertiary/aromatic N) is 1. The van der Waals surface area contributed by atoms with E-state index in [0.717, 1.165) is 25.7 Å². The Morgan fingerprint density at radius 1 is 1.45 bits per heavy atom. The Balaban J connectivity index is 2.96. The standard InChI is InChI=1S/C13H27N3O3S/c1-10-7-5-6-8-13(10,9-14)15-20(18,19)11(2)12(17)16(3)4/h10-11,15H,5-9,14H2,1-4H3. The molecule has 3 N–H and O–H groups in total. The second-order valence-corrected chi connectivity index (χ2v) is 8.03. The van der Waals surface area contributed by atoms with E-state index < -0.39 is 26.7 Å². The summed E-state index contributed by atoms with van der Waals surface area (Å²) >= 11 is 0. The average molecular weight is 305 g/mol. The molecule has 6 nitrogen and oxygen atoms in total. The van der Waals surface area contributed by atoms with Crippen LogP contribution in [0.15, 0.2) is 0 Å². The molecule has 0 aliphatic heterocycles. The normalized spacial score (nSPS) is 28.9. The summed E-state index contributed by atoms with van der Waals surface area (Å²) in [5.41, 5.74) is 5.24. The summed E-state index contributed by atoms with van der Waals surface area (Å²) in [4.78, 5) is 13.2. The molecule has 7 heteroatoms. The van der Waals surface area contributed by atoms with Crippen LogP contribution in [-0.2, 0) is 14.8 Å². The first-order valence-corrected chi connectivity index (χ1v) is 8.65. The lowest BCUT2D eigenvalue weighted by atomic mass is 9.74. The minimum atomic E-state index is -3.73. The second kappa shape index (κ2) is 6.41. The van der Waals surface area contributed by atoms with E-state index in [4.69, 9.17) is 5.73 Å². The number of carbonyl (C=O) groups is 1. The zero-order chi connectivity index (χ0) is 15.6. The van der Waals surface area contributed by atoms with E-state index >= 15 is 0 Å². The first-order valence-electron chi connectivity index (χ1n) is 7.10. The van der Waals surface area contributed by atoms with Crippen LogP contribution in [0, 0.1) is 5.92 Å². The molecule has 0 aromatic rings. The zero-order valence-corrected chi connectivity index (χ0v) is 13.7. The molecule has 0 saturated heterocycles. The highest BCUT2D eigenvalue weighted by atomic mass is 32.2. The van der Waals surface area contributed by atoms with Crippen LogP contribution in [0.5, 0.6) is 0 Å². The first kappa shape index (κ1) is 17.4. The van der Waals surface area contributed by atoms with Crippen LogP contribution < -0.4 is 10.5 Å². The quantitative estimate of drug-likeness (QED) is 0.763. The number of carbonyl (C=O) groups excluding carboxylic acids is 1. The molecule has 3 unspecified atom stereocenters. The van der Waals surface area contributed by atoms with Gasteiger partial charge in [-0.25, -0.2) is 13.1 Å². The summed E-state index contributed by atoms with van der Waals surface area (Å²) in [5, 5.41) is -1.10. The summed E-state index contributed by atoms with van der Waals surface area (Å²) in [6.45, 7) is 3.70. The van der Waals surface area contributed by atoms with Crippen LogP contribution in [0.4, 0.5) is 0 Å². The zero-order valence-electron chi connectivity index (χ0n) is 12.8. The number of rotatable bonds is 5. The molecule has 1 aliphatic rings. The van der Waals surface area contributed by atoms with E-state index in [1.165, 1.54) is 11.8 Å². The van der Waals surface area contributed by atoms with Gasteiger partial charge in [0.25, 0.3) is 0 Å². The fourth-order valence-corrected chi connectivity index (χ4v) is 4.38. The van der Waals surface area contributed by atoms with Gasteiger partial charge in [-0.1, -0.05) is 19.8 Å². The summed E-state index contributed by atoms with van der Waals surface area (Å²) in [6, 6.07) is 0.